The number of hydrogen-bond donors (Lipinski definition) is 2. The summed E-state index contributed by atoms with van der Waals surface area (Å²) < 4.78 is 5.28. The molecule has 120 valence electrons. The zero-order valence-corrected chi connectivity index (χ0v) is 13.8. The van der Waals surface area contributed by atoms with Gasteiger partial charge in [-0.15, -0.1) is 0 Å². The van der Waals surface area contributed by atoms with Crippen molar-refractivity contribution in [3.63, 3.8) is 0 Å². The van der Waals surface area contributed by atoms with Crippen molar-refractivity contribution >= 4 is 11.7 Å². The molecule has 5 heteroatoms. The average Bonchev–Trinajstić information content (AvgIpc) is 2.44. The predicted molar refractivity (Wildman–Crippen MR) is 81.9 cm³/mol. The molecule has 0 unspecified atom stereocenters. The second kappa shape index (κ2) is 11.4. The lowest BCUT2D eigenvalue weighted by molar-refractivity contribution is -0.900. The third-order valence-corrected chi connectivity index (χ3v) is 3.26. The lowest BCUT2D eigenvalue weighted by Crippen LogP contribution is -3.12. The Morgan fingerprint density at radius 1 is 1.10 bits per heavy atom. The number of nitrogens with one attached hydrogen (secondary N) is 1. The van der Waals surface area contributed by atoms with Gasteiger partial charge in [-0.1, -0.05) is 13.8 Å². The number of nitrogen functional groups attached to an aromatic ring is 1. The molecule has 1 aromatic carbocycles. The standard InChI is InChI=1S/C16H26N2O2.ClH/c1-3-10-18(11-4-2)12-5-13-20-16(19)14-6-8-15(17)9-7-14;/h6-9H,3-5,10-13,17H2,1-2H3;1H. The molecule has 1 rings (SSSR count). The molecule has 0 amide bonds. The normalized spacial score (nSPS) is 10.2. The summed E-state index contributed by atoms with van der Waals surface area (Å²) in [7, 11) is 0. The summed E-state index contributed by atoms with van der Waals surface area (Å²) in [5.74, 6) is -0.266. The number of quaternary nitrogens is 1. The molecule has 0 radical (unpaired) electrons. The number of hydrogen-bond acceptors (Lipinski definition) is 3. The fraction of sp³-hybridized carbons (Fsp3) is 0.562. The zero-order chi connectivity index (χ0) is 14.8. The Hall–Kier alpha value is -1.26. The van der Waals surface area contributed by atoms with Crippen LogP contribution in [0.5, 0.6) is 0 Å². The van der Waals surface area contributed by atoms with Gasteiger partial charge in [0.05, 0.1) is 31.8 Å². The SMILES string of the molecule is CCC[NH+](CCC)CCCOC(=O)c1ccc(N)cc1.[Cl-]. The second-order valence-corrected chi connectivity index (χ2v) is 5.11. The maximum atomic E-state index is 11.8. The minimum atomic E-state index is -0.266. The quantitative estimate of drug-likeness (QED) is 0.332. The van der Waals surface area contributed by atoms with Gasteiger partial charge in [0, 0.05) is 12.1 Å². The van der Waals surface area contributed by atoms with Gasteiger partial charge >= 0.3 is 5.97 Å². The Morgan fingerprint density at radius 3 is 2.19 bits per heavy atom. The molecule has 0 aliphatic heterocycles. The molecule has 0 bridgehead atoms. The lowest BCUT2D eigenvalue weighted by Gasteiger charge is -2.17. The largest absolute Gasteiger partial charge is 1.00 e. The molecular formula is C16H27ClN2O2. The van der Waals surface area contributed by atoms with Crippen LogP contribution in [-0.4, -0.2) is 32.2 Å². The molecule has 0 saturated carbocycles. The average molecular weight is 315 g/mol. The molecule has 21 heavy (non-hydrogen) atoms. The van der Waals surface area contributed by atoms with Crippen LogP contribution in [0.2, 0.25) is 0 Å². The highest BCUT2D eigenvalue weighted by Crippen LogP contribution is 2.06. The molecule has 0 aromatic heterocycles. The van der Waals surface area contributed by atoms with Crippen molar-refractivity contribution in [2.24, 2.45) is 0 Å². The number of carbonyl (C=O) groups excluding carboxylic acids is 1. The number of benzene rings is 1. The molecule has 0 fully saturated rings. The lowest BCUT2D eigenvalue weighted by atomic mass is 10.2. The van der Waals surface area contributed by atoms with Crippen LogP contribution in [0, 0.1) is 0 Å². The summed E-state index contributed by atoms with van der Waals surface area (Å²) in [6.45, 7) is 8.35. The van der Waals surface area contributed by atoms with Crippen LogP contribution in [0.4, 0.5) is 5.69 Å². The van der Waals surface area contributed by atoms with Crippen LogP contribution in [0.3, 0.4) is 0 Å². The van der Waals surface area contributed by atoms with E-state index in [1.54, 1.807) is 29.2 Å². The highest BCUT2D eigenvalue weighted by Gasteiger charge is 2.09. The molecule has 0 aliphatic rings. The minimum Gasteiger partial charge on any atom is -1.00 e. The van der Waals surface area contributed by atoms with Crippen LogP contribution < -0.4 is 23.0 Å². The summed E-state index contributed by atoms with van der Waals surface area (Å²) in [6, 6.07) is 6.82. The Balaban J connectivity index is 0.00000400. The first-order valence-electron chi connectivity index (χ1n) is 7.53. The van der Waals surface area contributed by atoms with E-state index in [4.69, 9.17) is 10.5 Å². The fourth-order valence-corrected chi connectivity index (χ4v) is 2.27. The molecule has 0 aliphatic carbocycles. The molecule has 0 atom stereocenters. The van der Waals surface area contributed by atoms with E-state index in [1.807, 2.05) is 0 Å². The molecule has 4 nitrogen and oxygen atoms in total. The Bertz CT molecular complexity index is 390. The number of halogens is 1. The number of rotatable bonds is 9. The van der Waals surface area contributed by atoms with Crippen LogP contribution in [-0.2, 0) is 4.74 Å². The van der Waals surface area contributed by atoms with E-state index in [-0.39, 0.29) is 18.4 Å². The van der Waals surface area contributed by atoms with Gasteiger partial charge in [-0.3, -0.25) is 0 Å². The topological polar surface area (TPSA) is 56.8 Å². The summed E-state index contributed by atoms with van der Waals surface area (Å²) in [5.41, 5.74) is 6.80. The number of esters is 1. The summed E-state index contributed by atoms with van der Waals surface area (Å²) >= 11 is 0. The third-order valence-electron chi connectivity index (χ3n) is 3.26. The molecule has 3 N–H and O–H groups in total. The first-order chi connectivity index (χ1) is 9.67. The number of nitrogens with two attached hydrogens (primary N) is 1. The van der Waals surface area contributed by atoms with Gasteiger partial charge in [-0.25, -0.2) is 4.79 Å². The van der Waals surface area contributed by atoms with Gasteiger partial charge in [0.2, 0.25) is 0 Å². The fourth-order valence-electron chi connectivity index (χ4n) is 2.27. The van der Waals surface area contributed by atoms with E-state index in [1.165, 1.54) is 25.9 Å². The number of carbonyl (C=O) groups is 1. The van der Waals surface area contributed by atoms with Gasteiger partial charge in [-0.2, -0.15) is 0 Å². The highest BCUT2D eigenvalue weighted by atomic mass is 35.5. The van der Waals surface area contributed by atoms with Gasteiger partial charge in [0.25, 0.3) is 0 Å². The van der Waals surface area contributed by atoms with Crippen molar-refractivity contribution in [3.05, 3.63) is 29.8 Å². The van der Waals surface area contributed by atoms with Crippen molar-refractivity contribution in [3.8, 4) is 0 Å². The molecular weight excluding hydrogens is 288 g/mol. The molecule has 1 aromatic rings. The highest BCUT2D eigenvalue weighted by molar-refractivity contribution is 5.89. The Labute approximate surface area is 134 Å². The first-order valence-corrected chi connectivity index (χ1v) is 7.53. The van der Waals surface area contributed by atoms with E-state index < -0.39 is 0 Å². The van der Waals surface area contributed by atoms with Crippen LogP contribution in [0.15, 0.2) is 24.3 Å². The molecule has 0 spiro atoms. The van der Waals surface area contributed by atoms with Gasteiger partial charge in [0.15, 0.2) is 0 Å². The van der Waals surface area contributed by atoms with Crippen LogP contribution in [0.25, 0.3) is 0 Å². The summed E-state index contributed by atoms with van der Waals surface area (Å²) in [5, 5.41) is 0. The predicted octanol–water partition coefficient (Wildman–Crippen LogP) is -1.48. The van der Waals surface area contributed by atoms with Crippen LogP contribution in [0.1, 0.15) is 43.5 Å². The monoisotopic (exact) mass is 314 g/mol. The Kier molecular flexibility index (Phi) is 10.7. The van der Waals surface area contributed by atoms with Gasteiger partial charge in [0.1, 0.15) is 0 Å². The van der Waals surface area contributed by atoms with Crippen LogP contribution >= 0.6 is 0 Å². The van der Waals surface area contributed by atoms with Crippen molar-refractivity contribution in [2.45, 2.75) is 33.1 Å². The second-order valence-electron chi connectivity index (χ2n) is 5.11. The molecule has 0 saturated heterocycles. The van der Waals surface area contributed by atoms with Crippen molar-refractivity contribution in [1.82, 2.24) is 0 Å². The molecule has 0 heterocycles. The van der Waals surface area contributed by atoms with E-state index in [0.717, 1.165) is 13.0 Å². The van der Waals surface area contributed by atoms with Crippen molar-refractivity contribution in [2.75, 3.05) is 32.0 Å². The maximum absolute atomic E-state index is 11.8. The third kappa shape index (κ3) is 7.93. The number of ether oxygens (including phenoxy) is 1. The van der Waals surface area contributed by atoms with Crippen molar-refractivity contribution in [1.29, 1.82) is 0 Å². The summed E-state index contributed by atoms with van der Waals surface area (Å²) in [6.07, 6.45) is 3.30. The minimum absolute atomic E-state index is 0. The van der Waals surface area contributed by atoms with E-state index >= 15 is 0 Å². The summed E-state index contributed by atoms with van der Waals surface area (Å²) in [4.78, 5) is 13.4. The van der Waals surface area contributed by atoms with Gasteiger partial charge < -0.3 is 27.8 Å². The van der Waals surface area contributed by atoms with Crippen molar-refractivity contribution < 1.29 is 26.8 Å². The van der Waals surface area contributed by atoms with E-state index in [9.17, 15) is 4.79 Å². The maximum Gasteiger partial charge on any atom is 0.338 e. The number of anilines is 1. The Morgan fingerprint density at radius 2 is 1.67 bits per heavy atom. The van der Waals surface area contributed by atoms with E-state index in [0.29, 0.717) is 17.9 Å². The first kappa shape index (κ1) is 19.7. The zero-order valence-electron chi connectivity index (χ0n) is 13.0. The van der Waals surface area contributed by atoms with E-state index in [2.05, 4.69) is 13.8 Å². The smallest absolute Gasteiger partial charge is 0.338 e. The van der Waals surface area contributed by atoms with Gasteiger partial charge in [-0.05, 0) is 37.1 Å².